The Balaban J connectivity index is 1.99. The quantitative estimate of drug-likeness (QED) is 0.775. The molecular formula is C14H25NO2. The number of aliphatic hydroxyl groups is 1. The van der Waals surface area contributed by atoms with Gasteiger partial charge in [-0.2, -0.15) is 0 Å². The molecule has 0 aromatic rings. The highest BCUT2D eigenvalue weighted by Crippen LogP contribution is 2.33. The van der Waals surface area contributed by atoms with E-state index in [0.717, 1.165) is 12.8 Å². The summed E-state index contributed by atoms with van der Waals surface area (Å²) in [5.74, 6) is 0.957. The maximum absolute atomic E-state index is 12.0. The Morgan fingerprint density at radius 2 is 1.88 bits per heavy atom. The van der Waals surface area contributed by atoms with Crippen LogP contribution in [0.3, 0.4) is 0 Å². The smallest absolute Gasteiger partial charge is 0.223 e. The molecule has 0 unspecified atom stereocenters. The van der Waals surface area contributed by atoms with Crippen LogP contribution < -0.4 is 5.32 Å². The second-order valence-corrected chi connectivity index (χ2v) is 6.09. The topological polar surface area (TPSA) is 49.3 Å². The first-order chi connectivity index (χ1) is 8.09. The molecule has 2 N–H and O–H groups in total. The van der Waals surface area contributed by atoms with Gasteiger partial charge in [-0.25, -0.2) is 0 Å². The normalized spacial score (nSPS) is 36.0. The summed E-state index contributed by atoms with van der Waals surface area (Å²) in [4.78, 5) is 12.0. The van der Waals surface area contributed by atoms with Crippen molar-refractivity contribution in [3.63, 3.8) is 0 Å². The third-order valence-electron chi connectivity index (χ3n) is 4.52. The Hall–Kier alpha value is -0.570. The van der Waals surface area contributed by atoms with Gasteiger partial charge < -0.3 is 10.4 Å². The highest BCUT2D eigenvalue weighted by molar-refractivity contribution is 5.80. The predicted octanol–water partition coefficient (Wildman–Crippen LogP) is 2.09. The van der Waals surface area contributed by atoms with Gasteiger partial charge in [0.2, 0.25) is 5.91 Å². The fourth-order valence-corrected chi connectivity index (χ4v) is 3.38. The van der Waals surface area contributed by atoms with Crippen LogP contribution in [0.25, 0.3) is 0 Å². The van der Waals surface area contributed by atoms with Gasteiger partial charge in [0.15, 0.2) is 0 Å². The average molecular weight is 239 g/mol. The van der Waals surface area contributed by atoms with Crippen molar-refractivity contribution >= 4 is 5.91 Å². The number of carbonyl (C=O) groups excluding carboxylic acids is 1. The SMILES string of the molecule is CC(C)[C@@H]1C[C@H](O)[C@H](C2CCCCC2)NC1=O. The number of carbonyl (C=O) groups is 1. The molecule has 0 spiro atoms. The minimum absolute atomic E-state index is 0.00941. The van der Waals surface area contributed by atoms with Crippen LogP contribution in [0.15, 0.2) is 0 Å². The lowest BCUT2D eigenvalue weighted by molar-refractivity contribution is -0.134. The summed E-state index contributed by atoms with van der Waals surface area (Å²) in [6.07, 6.45) is 6.42. The maximum Gasteiger partial charge on any atom is 0.223 e. The lowest BCUT2D eigenvalue weighted by Crippen LogP contribution is -2.56. The number of hydrogen-bond donors (Lipinski definition) is 2. The molecule has 1 saturated heterocycles. The number of amides is 1. The van der Waals surface area contributed by atoms with Crippen molar-refractivity contribution in [3.8, 4) is 0 Å². The number of hydrogen-bond acceptors (Lipinski definition) is 2. The van der Waals surface area contributed by atoms with Crippen LogP contribution >= 0.6 is 0 Å². The van der Waals surface area contributed by atoms with E-state index in [-0.39, 0.29) is 24.0 Å². The second kappa shape index (κ2) is 5.38. The summed E-state index contributed by atoms with van der Waals surface area (Å²) in [5.41, 5.74) is 0. The Morgan fingerprint density at radius 1 is 1.24 bits per heavy atom. The molecule has 2 fully saturated rings. The molecule has 3 atom stereocenters. The molecule has 3 heteroatoms. The van der Waals surface area contributed by atoms with E-state index in [2.05, 4.69) is 19.2 Å². The van der Waals surface area contributed by atoms with Gasteiger partial charge in [-0.3, -0.25) is 4.79 Å². The summed E-state index contributed by atoms with van der Waals surface area (Å²) < 4.78 is 0. The standard InChI is InChI=1S/C14H25NO2/c1-9(2)11-8-12(16)13(15-14(11)17)10-6-4-3-5-7-10/h9-13,16H,3-8H2,1-2H3,(H,15,17)/t11-,12-,13-/m0/s1. The first-order valence-corrected chi connectivity index (χ1v) is 7.08. The van der Waals surface area contributed by atoms with Crippen LogP contribution in [0.2, 0.25) is 0 Å². The maximum atomic E-state index is 12.0. The first kappa shape index (κ1) is 12.9. The number of nitrogens with one attached hydrogen (secondary N) is 1. The molecule has 1 saturated carbocycles. The summed E-state index contributed by atoms with van der Waals surface area (Å²) >= 11 is 0. The summed E-state index contributed by atoms with van der Waals surface area (Å²) in [7, 11) is 0. The molecule has 0 aromatic carbocycles. The molecule has 1 heterocycles. The van der Waals surface area contributed by atoms with Crippen LogP contribution in [0.5, 0.6) is 0 Å². The minimum Gasteiger partial charge on any atom is -0.391 e. The van der Waals surface area contributed by atoms with E-state index in [1.807, 2.05) is 0 Å². The van der Waals surface area contributed by atoms with Gasteiger partial charge in [-0.15, -0.1) is 0 Å². The van der Waals surface area contributed by atoms with Crippen molar-refractivity contribution in [1.82, 2.24) is 5.32 Å². The van der Waals surface area contributed by atoms with Gasteiger partial charge in [0.05, 0.1) is 12.1 Å². The van der Waals surface area contributed by atoms with E-state index in [9.17, 15) is 9.90 Å². The molecule has 17 heavy (non-hydrogen) atoms. The van der Waals surface area contributed by atoms with Crippen molar-refractivity contribution in [2.75, 3.05) is 0 Å². The van der Waals surface area contributed by atoms with E-state index in [0.29, 0.717) is 18.3 Å². The summed E-state index contributed by atoms with van der Waals surface area (Å²) in [5, 5.41) is 13.3. The molecule has 1 aliphatic carbocycles. The van der Waals surface area contributed by atoms with E-state index in [1.54, 1.807) is 0 Å². The summed E-state index contributed by atoms with van der Waals surface area (Å²) in [6.45, 7) is 4.11. The van der Waals surface area contributed by atoms with Gasteiger partial charge in [0.25, 0.3) is 0 Å². The van der Waals surface area contributed by atoms with Crippen molar-refractivity contribution in [3.05, 3.63) is 0 Å². The molecule has 2 aliphatic rings. The molecule has 1 amide bonds. The molecule has 0 radical (unpaired) electrons. The van der Waals surface area contributed by atoms with E-state index in [4.69, 9.17) is 0 Å². The van der Waals surface area contributed by atoms with Gasteiger partial charge in [-0.1, -0.05) is 33.1 Å². The number of piperidine rings is 1. The van der Waals surface area contributed by atoms with Crippen molar-refractivity contribution in [2.24, 2.45) is 17.8 Å². The van der Waals surface area contributed by atoms with Gasteiger partial charge in [0.1, 0.15) is 0 Å². The molecule has 2 rings (SSSR count). The zero-order valence-corrected chi connectivity index (χ0v) is 11.0. The zero-order chi connectivity index (χ0) is 12.4. The first-order valence-electron chi connectivity index (χ1n) is 7.08. The van der Waals surface area contributed by atoms with Crippen molar-refractivity contribution in [1.29, 1.82) is 0 Å². The van der Waals surface area contributed by atoms with Crippen LogP contribution in [-0.4, -0.2) is 23.2 Å². The zero-order valence-electron chi connectivity index (χ0n) is 11.0. The highest BCUT2D eigenvalue weighted by Gasteiger charge is 2.39. The fourth-order valence-electron chi connectivity index (χ4n) is 3.38. The van der Waals surface area contributed by atoms with E-state index >= 15 is 0 Å². The van der Waals surface area contributed by atoms with Gasteiger partial charge in [-0.05, 0) is 31.1 Å². The third kappa shape index (κ3) is 2.82. The number of aliphatic hydroxyl groups excluding tert-OH is 1. The average Bonchev–Trinajstić information content (AvgIpc) is 2.32. The predicted molar refractivity (Wildman–Crippen MR) is 67.5 cm³/mol. The van der Waals surface area contributed by atoms with Crippen molar-refractivity contribution < 1.29 is 9.90 Å². The van der Waals surface area contributed by atoms with Crippen LogP contribution in [0.4, 0.5) is 0 Å². The van der Waals surface area contributed by atoms with E-state index in [1.165, 1.54) is 19.3 Å². The molecule has 1 aliphatic heterocycles. The lowest BCUT2D eigenvalue weighted by Gasteiger charge is -2.40. The second-order valence-electron chi connectivity index (χ2n) is 6.09. The molecular weight excluding hydrogens is 214 g/mol. The van der Waals surface area contributed by atoms with E-state index < -0.39 is 0 Å². The Kier molecular flexibility index (Phi) is 4.08. The minimum atomic E-state index is -0.344. The largest absolute Gasteiger partial charge is 0.391 e. The summed E-state index contributed by atoms with van der Waals surface area (Å²) in [6, 6.07) is 0.0119. The van der Waals surface area contributed by atoms with Crippen LogP contribution in [-0.2, 0) is 4.79 Å². The van der Waals surface area contributed by atoms with Gasteiger partial charge in [0, 0.05) is 5.92 Å². The lowest BCUT2D eigenvalue weighted by atomic mass is 9.76. The number of rotatable bonds is 2. The van der Waals surface area contributed by atoms with Crippen LogP contribution in [0, 0.1) is 17.8 Å². The Morgan fingerprint density at radius 3 is 2.47 bits per heavy atom. The molecule has 0 aromatic heterocycles. The Labute approximate surface area is 104 Å². The van der Waals surface area contributed by atoms with Gasteiger partial charge >= 0.3 is 0 Å². The molecule has 98 valence electrons. The van der Waals surface area contributed by atoms with Crippen LogP contribution in [0.1, 0.15) is 52.4 Å². The fraction of sp³-hybridized carbons (Fsp3) is 0.929. The van der Waals surface area contributed by atoms with Crippen molar-refractivity contribution in [2.45, 2.75) is 64.5 Å². The third-order valence-corrected chi connectivity index (χ3v) is 4.52. The molecule has 0 bridgehead atoms. The monoisotopic (exact) mass is 239 g/mol. The molecule has 3 nitrogen and oxygen atoms in total. The highest BCUT2D eigenvalue weighted by atomic mass is 16.3. The Bertz CT molecular complexity index is 271.